The molecule has 0 bridgehead atoms. The van der Waals surface area contributed by atoms with E-state index in [0.717, 1.165) is 5.56 Å². The fraction of sp³-hybridized carbons (Fsp3) is 0.111. The van der Waals surface area contributed by atoms with Gasteiger partial charge in [0.25, 0.3) is 0 Å². The van der Waals surface area contributed by atoms with Gasteiger partial charge in [0.05, 0.1) is 0 Å². The van der Waals surface area contributed by atoms with E-state index in [0.29, 0.717) is 17.2 Å². The van der Waals surface area contributed by atoms with E-state index >= 15 is 0 Å². The highest BCUT2D eigenvalue weighted by atomic mass is 19.3. The molecule has 1 aliphatic heterocycles. The molecular formula is C18H13F3N4O. The lowest BCUT2D eigenvalue weighted by molar-refractivity contribution is -0.0506. The molecule has 0 spiro atoms. The van der Waals surface area contributed by atoms with Crippen molar-refractivity contribution in [3.63, 3.8) is 0 Å². The summed E-state index contributed by atoms with van der Waals surface area (Å²) >= 11 is 0. The zero-order chi connectivity index (χ0) is 18.1. The number of anilines is 1. The highest BCUT2D eigenvalue weighted by molar-refractivity contribution is 5.77. The Bertz CT molecular complexity index is 953. The second kappa shape index (κ2) is 6.55. The van der Waals surface area contributed by atoms with E-state index in [1.54, 1.807) is 35.0 Å². The van der Waals surface area contributed by atoms with Crippen molar-refractivity contribution in [1.29, 1.82) is 0 Å². The number of halogens is 3. The number of hydrogen-bond donors (Lipinski definition) is 1. The van der Waals surface area contributed by atoms with Crippen LogP contribution in [0.3, 0.4) is 0 Å². The summed E-state index contributed by atoms with van der Waals surface area (Å²) in [6.07, 6.45) is 3.18. The number of fused-ring (bicyclic) bond motifs is 1. The number of para-hydroxylation sites is 1. The molecular weight excluding hydrogens is 345 g/mol. The number of nitrogens with one attached hydrogen (secondary N) is 1. The largest absolute Gasteiger partial charge is 0.434 e. The number of rotatable bonds is 4. The first-order valence-corrected chi connectivity index (χ1v) is 7.80. The molecule has 0 saturated heterocycles. The summed E-state index contributed by atoms with van der Waals surface area (Å²) < 4.78 is 45.0. The van der Waals surface area contributed by atoms with Gasteiger partial charge in [-0.3, -0.25) is 0 Å². The molecule has 4 rings (SSSR count). The molecule has 26 heavy (non-hydrogen) atoms. The van der Waals surface area contributed by atoms with Crippen molar-refractivity contribution in [2.45, 2.75) is 12.7 Å². The van der Waals surface area contributed by atoms with Crippen LogP contribution in [0.15, 0.2) is 60.9 Å². The highest BCUT2D eigenvalue weighted by Gasteiger charge is 2.26. The van der Waals surface area contributed by atoms with E-state index in [9.17, 15) is 13.2 Å². The van der Waals surface area contributed by atoms with Crippen LogP contribution in [0.25, 0.3) is 5.70 Å². The Hall–Kier alpha value is -3.29. The predicted molar refractivity (Wildman–Crippen MR) is 89.2 cm³/mol. The average molecular weight is 358 g/mol. The molecule has 132 valence electrons. The molecule has 2 heterocycles. The first kappa shape index (κ1) is 16.2. The molecule has 1 aliphatic rings. The average Bonchev–Trinajstić information content (AvgIpc) is 3.10. The van der Waals surface area contributed by atoms with Crippen LogP contribution in [0.1, 0.15) is 17.2 Å². The Morgan fingerprint density at radius 1 is 1.08 bits per heavy atom. The van der Waals surface area contributed by atoms with Gasteiger partial charge < -0.3 is 10.1 Å². The van der Waals surface area contributed by atoms with Crippen LogP contribution in [-0.4, -0.2) is 21.4 Å². The molecule has 0 fully saturated rings. The third kappa shape index (κ3) is 3.01. The summed E-state index contributed by atoms with van der Waals surface area (Å²) in [5.74, 6) is 0.162. The lowest BCUT2D eigenvalue weighted by Gasteiger charge is -2.25. The topological polar surface area (TPSA) is 52.0 Å². The Morgan fingerprint density at radius 3 is 2.62 bits per heavy atom. The molecule has 0 saturated carbocycles. The normalized spacial score (nSPS) is 16.0. The van der Waals surface area contributed by atoms with E-state index in [4.69, 9.17) is 0 Å². The molecule has 0 amide bonds. The summed E-state index contributed by atoms with van der Waals surface area (Å²) in [6, 6.07) is 12.0. The van der Waals surface area contributed by atoms with Crippen LogP contribution < -0.4 is 10.1 Å². The van der Waals surface area contributed by atoms with Crippen LogP contribution in [0.2, 0.25) is 0 Å². The minimum Gasteiger partial charge on any atom is -0.434 e. The smallest absolute Gasteiger partial charge is 0.387 e. The maximum Gasteiger partial charge on any atom is 0.387 e. The third-order valence-corrected chi connectivity index (χ3v) is 4.02. The molecule has 5 nitrogen and oxygen atoms in total. The van der Waals surface area contributed by atoms with E-state index < -0.39 is 12.7 Å². The molecule has 3 aromatic rings. The molecule has 1 N–H and O–H groups in total. The van der Waals surface area contributed by atoms with Crippen molar-refractivity contribution < 1.29 is 17.9 Å². The number of allylic oxidation sites excluding steroid dienone is 1. The maximum absolute atomic E-state index is 13.2. The van der Waals surface area contributed by atoms with Crippen LogP contribution in [-0.2, 0) is 0 Å². The number of ether oxygens (including phenoxy) is 1. The zero-order valence-electron chi connectivity index (χ0n) is 13.3. The van der Waals surface area contributed by atoms with Crippen molar-refractivity contribution in [3.8, 4) is 5.75 Å². The summed E-state index contributed by atoms with van der Waals surface area (Å²) in [7, 11) is 0. The number of benzene rings is 2. The minimum atomic E-state index is -2.94. The minimum absolute atomic E-state index is 0.0607. The molecule has 2 aromatic carbocycles. The van der Waals surface area contributed by atoms with Gasteiger partial charge in [0, 0.05) is 11.3 Å². The SMILES string of the molecule is Fc1ccc(C2=C[C@H](c3ccccc3OC(F)F)n3ncnc3N2)cc1. The Labute approximate surface area is 146 Å². The predicted octanol–water partition coefficient (Wildman–Crippen LogP) is 4.07. The van der Waals surface area contributed by atoms with Gasteiger partial charge in [0.15, 0.2) is 0 Å². The van der Waals surface area contributed by atoms with Crippen LogP contribution in [0, 0.1) is 5.82 Å². The lowest BCUT2D eigenvalue weighted by atomic mass is 10.0. The second-order valence-corrected chi connectivity index (χ2v) is 5.60. The van der Waals surface area contributed by atoms with Gasteiger partial charge in [-0.2, -0.15) is 18.9 Å². The summed E-state index contributed by atoms with van der Waals surface area (Å²) in [4.78, 5) is 4.15. The quantitative estimate of drug-likeness (QED) is 0.764. The molecule has 0 radical (unpaired) electrons. The summed E-state index contributed by atoms with van der Waals surface area (Å²) in [5, 5.41) is 7.28. The van der Waals surface area contributed by atoms with Crippen LogP contribution >= 0.6 is 0 Å². The Kier molecular flexibility index (Phi) is 4.08. The first-order chi connectivity index (χ1) is 12.6. The van der Waals surface area contributed by atoms with Crippen LogP contribution in [0.4, 0.5) is 19.1 Å². The molecule has 0 unspecified atom stereocenters. The van der Waals surface area contributed by atoms with Gasteiger partial charge in [0.2, 0.25) is 5.95 Å². The lowest BCUT2D eigenvalue weighted by Crippen LogP contribution is -2.21. The Morgan fingerprint density at radius 2 is 1.85 bits per heavy atom. The van der Waals surface area contributed by atoms with Crippen molar-refractivity contribution in [3.05, 3.63) is 77.9 Å². The fourth-order valence-corrected chi connectivity index (χ4v) is 2.88. The molecule has 1 atom stereocenters. The van der Waals surface area contributed by atoms with Gasteiger partial charge in [-0.15, -0.1) is 0 Å². The van der Waals surface area contributed by atoms with E-state index in [1.807, 2.05) is 6.08 Å². The van der Waals surface area contributed by atoms with Gasteiger partial charge in [0.1, 0.15) is 23.9 Å². The van der Waals surface area contributed by atoms with Crippen molar-refractivity contribution >= 4 is 11.6 Å². The molecule has 1 aromatic heterocycles. The number of hydrogen-bond acceptors (Lipinski definition) is 4. The van der Waals surface area contributed by atoms with E-state index in [1.165, 1.54) is 24.5 Å². The van der Waals surface area contributed by atoms with Gasteiger partial charge in [-0.05, 0) is 42.0 Å². The van der Waals surface area contributed by atoms with Gasteiger partial charge in [-0.25, -0.2) is 9.07 Å². The number of alkyl halides is 2. The Balaban J connectivity index is 1.81. The third-order valence-electron chi connectivity index (χ3n) is 4.02. The van der Waals surface area contributed by atoms with E-state index in [2.05, 4.69) is 20.1 Å². The maximum atomic E-state index is 13.2. The van der Waals surface area contributed by atoms with Crippen molar-refractivity contribution in [2.24, 2.45) is 0 Å². The standard InChI is InChI=1S/C18H13F3N4O/c19-12-7-5-11(6-8-12)14-9-15(25-18(24-14)22-10-23-25)13-3-1-2-4-16(13)26-17(20)21/h1-10,15,17H,(H,22,23,24)/t15-/m1/s1. The summed E-state index contributed by atoms with van der Waals surface area (Å²) in [5.41, 5.74) is 1.92. The second-order valence-electron chi connectivity index (χ2n) is 5.60. The molecule has 0 aliphatic carbocycles. The number of aromatic nitrogens is 3. The highest BCUT2D eigenvalue weighted by Crippen LogP contribution is 2.36. The van der Waals surface area contributed by atoms with Gasteiger partial charge >= 0.3 is 6.61 Å². The van der Waals surface area contributed by atoms with Gasteiger partial charge in [-0.1, -0.05) is 18.2 Å². The number of nitrogens with zero attached hydrogens (tertiary/aromatic N) is 3. The van der Waals surface area contributed by atoms with Crippen LogP contribution in [0.5, 0.6) is 5.75 Å². The van der Waals surface area contributed by atoms with Crippen molar-refractivity contribution in [1.82, 2.24) is 14.8 Å². The summed E-state index contributed by atoms with van der Waals surface area (Å²) in [6.45, 7) is -2.94. The monoisotopic (exact) mass is 358 g/mol. The zero-order valence-corrected chi connectivity index (χ0v) is 13.3. The fourth-order valence-electron chi connectivity index (χ4n) is 2.88. The first-order valence-electron chi connectivity index (χ1n) is 7.80. The molecule has 8 heteroatoms. The van der Waals surface area contributed by atoms with Crippen molar-refractivity contribution in [2.75, 3.05) is 5.32 Å². The van der Waals surface area contributed by atoms with E-state index in [-0.39, 0.29) is 11.6 Å².